The molecule has 0 fully saturated rings. The average molecular weight is 950 g/mol. The van der Waals surface area contributed by atoms with Crippen LogP contribution < -0.4 is 15.7 Å². The van der Waals surface area contributed by atoms with Gasteiger partial charge in [0.1, 0.15) is 0 Å². The number of benzene rings is 8. The normalized spacial score (nSPS) is 15.2. The van der Waals surface area contributed by atoms with Gasteiger partial charge in [-0.1, -0.05) is 165 Å². The van der Waals surface area contributed by atoms with E-state index in [1.165, 1.54) is 92.7 Å². The van der Waals surface area contributed by atoms with Gasteiger partial charge in [0, 0.05) is 37.3 Å². The highest BCUT2D eigenvalue weighted by Gasteiger charge is 2.47. The molecule has 1 aliphatic heterocycles. The van der Waals surface area contributed by atoms with E-state index in [4.69, 9.17) is 0 Å². The van der Waals surface area contributed by atoms with Crippen molar-refractivity contribution in [2.75, 3.05) is 10.2 Å². The van der Waals surface area contributed by atoms with E-state index >= 15 is 0 Å². The average Bonchev–Trinajstić information content (AvgIpc) is 3.56. The third kappa shape index (κ3) is 6.58. The first-order valence-corrected chi connectivity index (χ1v) is 24.0. The van der Waals surface area contributed by atoms with Gasteiger partial charge in [0.05, 0.1) is 11.1 Å². The predicted octanol–water partition coefficient (Wildman–Crippen LogP) is 15.9. The summed E-state index contributed by atoms with van der Waals surface area (Å²) in [5, 5.41) is 3.98. The van der Waals surface area contributed by atoms with E-state index in [1.807, 2.05) is 0 Å². The fourth-order valence-corrected chi connectivity index (χ4v) is 11.7. The van der Waals surface area contributed by atoms with Crippen molar-refractivity contribution in [1.29, 1.82) is 0 Å². The standard InChI is InChI=1S/C61H51BIN2/c1-39-19-12-13-24-46(39)48-35-45(36-49(40(48)2)51-37-55-50(47-25-14-15-26-52(47)60(55,3)4)38-57(51)64-44-33-31-43(63)32-34-44)65-58-30-17-16-27-53(58)61(41-20-8-6-9-21-41,42-22-10-7-11-23-42)54-28-18-29-56(62-5)59(54)65/h6-14,16-25,27-38,64H,15,26H2,1-5H3. The molecule has 0 unspecified atom stereocenters. The second-order valence-corrected chi connectivity index (χ2v) is 19.6. The van der Waals surface area contributed by atoms with Gasteiger partial charge in [-0.15, -0.1) is 0 Å². The Morgan fingerprint density at radius 2 is 1.25 bits per heavy atom. The van der Waals surface area contributed by atoms with Gasteiger partial charge < -0.3 is 10.2 Å². The zero-order valence-corrected chi connectivity index (χ0v) is 39.9. The van der Waals surface area contributed by atoms with Crippen molar-refractivity contribution in [1.82, 2.24) is 0 Å². The van der Waals surface area contributed by atoms with Crippen molar-refractivity contribution in [3.05, 3.63) is 242 Å². The molecule has 1 radical (unpaired) electrons. The third-order valence-corrected chi connectivity index (χ3v) is 15.2. The van der Waals surface area contributed by atoms with Gasteiger partial charge in [-0.2, -0.15) is 0 Å². The van der Waals surface area contributed by atoms with E-state index in [-0.39, 0.29) is 5.41 Å². The molecule has 315 valence electrons. The van der Waals surface area contributed by atoms with Crippen LogP contribution in [-0.4, -0.2) is 7.28 Å². The number of halogens is 1. The Bertz CT molecular complexity index is 3180. The fourth-order valence-electron chi connectivity index (χ4n) is 11.4. The number of aryl methyl sites for hydroxylation is 1. The highest BCUT2D eigenvalue weighted by Crippen LogP contribution is 2.59. The molecule has 0 saturated carbocycles. The van der Waals surface area contributed by atoms with Gasteiger partial charge in [-0.3, -0.25) is 0 Å². The van der Waals surface area contributed by atoms with Crippen LogP contribution in [0.3, 0.4) is 0 Å². The van der Waals surface area contributed by atoms with Crippen LogP contribution in [0.2, 0.25) is 6.82 Å². The Morgan fingerprint density at radius 3 is 1.95 bits per heavy atom. The molecule has 4 heteroatoms. The van der Waals surface area contributed by atoms with E-state index in [0.29, 0.717) is 0 Å². The van der Waals surface area contributed by atoms with E-state index < -0.39 is 5.41 Å². The summed E-state index contributed by atoms with van der Waals surface area (Å²) in [6.45, 7) is 11.6. The number of hydrogen-bond donors (Lipinski definition) is 1. The van der Waals surface area contributed by atoms with Crippen molar-refractivity contribution >= 4 is 69.3 Å². The lowest BCUT2D eigenvalue weighted by atomic mass is 9.60. The molecule has 0 aromatic heterocycles. The molecule has 65 heavy (non-hydrogen) atoms. The lowest BCUT2D eigenvalue weighted by Gasteiger charge is -2.47. The number of fused-ring (bicyclic) bond motifs is 4. The van der Waals surface area contributed by atoms with Gasteiger partial charge in [0.2, 0.25) is 0 Å². The smallest absolute Gasteiger partial charge is 0.151 e. The molecule has 0 saturated heterocycles. The number of nitrogens with zero attached hydrogens (tertiary/aromatic N) is 1. The van der Waals surface area contributed by atoms with Crippen LogP contribution in [0, 0.1) is 17.4 Å². The van der Waals surface area contributed by atoms with Gasteiger partial charge in [0.15, 0.2) is 7.28 Å². The molecule has 8 aromatic carbocycles. The minimum atomic E-state index is -0.576. The second-order valence-electron chi connectivity index (χ2n) is 18.4. The number of anilines is 5. The number of allylic oxidation sites excluding steroid dienone is 4. The third-order valence-electron chi connectivity index (χ3n) is 14.5. The van der Waals surface area contributed by atoms with Crippen LogP contribution in [0.1, 0.15) is 71.2 Å². The second kappa shape index (κ2) is 16.3. The summed E-state index contributed by atoms with van der Waals surface area (Å²) in [7, 11) is 2.28. The zero-order chi connectivity index (χ0) is 44.5. The van der Waals surface area contributed by atoms with Gasteiger partial charge in [-0.05, 0) is 171 Å². The summed E-state index contributed by atoms with van der Waals surface area (Å²) < 4.78 is 1.21. The first-order valence-electron chi connectivity index (χ1n) is 23.0. The fraction of sp³-hybridized carbons (Fsp3) is 0.148. The predicted molar refractivity (Wildman–Crippen MR) is 285 cm³/mol. The maximum atomic E-state index is 3.98. The number of hydrogen-bond acceptors (Lipinski definition) is 2. The molecule has 1 N–H and O–H groups in total. The zero-order valence-electron chi connectivity index (χ0n) is 37.7. The molecule has 0 atom stereocenters. The van der Waals surface area contributed by atoms with E-state index in [0.717, 1.165) is 29.9 Å². The molecule has 0 spiro atoms. The molecule has 0 bridgehead atoms. The van der Waals surface area contributed by atoms with Crippen molar-refractivity contribution in [2.45, 2.75) is 58.2 Å². The maximum absolute atomic E-state index is 3.98. The van der Waals surface area contributed by atoms with Crippen molar-refractivity contribution < 1.29 is 0 Å². The van der Waals surface area contributed by atoms with Crippen molar-refractivity contribution in [3.63, 3.8) is 0 Å². The minimum Gasteiger partial charge on any atom is -0.355 e. The first-order chi connectivity index (χ1) is 31.7. The highest BCUT2D eigenvalue weighted by atomic mass is 127. The Hall–Kier alpha value is -6.37. The number of para-hydroxylation sites is 2. The monoisotopic (exact) mass is 949 g/mol. The number of nitrogens with one attached hydrogen (secondary N) is 1. The summed E-state index contributed by atoms with van der Waals surface area (Å²) in [5.74, 6) is 0. The lowest BCUT2D eigenvalue weighted by molar-refractivity contribution is 0.607. The molecule has 8 aromatic rings. The first kappa shape index (κ1) is 41.3. The Balaban J connectivity index is 1.23. The molecule has 1 heterocycles. The molecule has 2 nitrogen and oxygen atoms in total. The van der Waals surface area contributed by atoms with Crippen LogP contribution in [0.5, 0.6) is 0 Å². The highest BCUT2D eigenvalue weighted by molar-refractivity contribution is 14.1. The van der Waals surface area contributed by atoms with Crippen molar-refractivity contribution in [3.8, 4) is 22.3 Å². The molecule has 3 aliphatic rings. The summed E-state index contributed by atoms with van der Waals surface area (Å²) >= 11 is 2.40. The summed E-state index contributed by atoms with van der Waals surface area (Å²) in [4.78, 5) is 2.57. The van der Waals surface area contributed by atoms with Gasteiger partial charge in [-0.25, -0.2) is 0 Å². The van der Waals surface area contributed by atoms with E-state index in [2.05, 4.69) is 263 Å². The lowest BCUT2D eigenvalue weighted by Crippen LogP contribution is -2.40. The van der Waals surface area contributed by atoms with Crippen molar-refractivity contribution in [2.24, 2.45) is 0 Å². The Labute approximate surface area is 399 Å². The summed E-state index contributed by atoms with van der Waals surface area (Å²) in [6, 6.07) is 65.9. The molecular formula is C61H51BIN2. The largest absolute Gasteiger partial charge is 0.355 e. The van der Waals surface area contributed by atoms with Crippen LogP contribution in [0.25, 0.3) is 27.8 Å². The molecule has 0 amide bonds. The molecular weight excluding hydrogens is 898 g/mol. The summed E-state index contributed by atoms with van der Waals surface area (Å²) in [5.41, 5.74) is 24.3. The maximum Gasteiger partial charge on any atom is 0.151 e. The van der Waals surface area contributed by atoms with Crippen LogP contribution in [0.15, 0.2) is 194 Å². The Morgan fingerprint density at radius 1 is 0.600 bits per heavy atom. The number of rotatable bonds is 8. The van der Waals surface area contributed by atoms with E-state index in [9.17, 15) is 0 Å². The Kier molecular flexibility index (Phi) is 10.3. The van der Waals surface area contributed by atoms with Crippen LogP contribution >= 0.6 is 22.6 Å². The topological polar surface area (TPSA) is 15.3 Å². The van der Waals surface area contributed by atoms with Crippen LogP contribution in [0.4, 0.5) is 28.4 Å². The van der Waals surface area contributed by atoms with Gasteiger partial charge >= 0.3 is 0 Å². The van der Waals surface area contributed by atoms with Crippen LogP contribution in [-0.2, 0) is 10.8 Å². The van der Waals surface area contributed by atoms with E-state index in [1.54, 1.807) is 5.57 Å². The minimum absolute atomic E-state index is 0.0925. The molecule has 2 aliphatic carbocycles. The molecule has 11 rings (SSSR count). The van der Waals surface area contributed by atoms with Gasteiger partial charge in [0.25, 0.3) is 0 Å². The SMILES string of the molecule is C[B]c1cccc2c1N(c1cc(-c3ccccc3C)c(C)c(-c3cc4c(cc3Nc3ccc(I)cc3)C3=C(CCC=C3)C4(C)C)c1)c1ccccc1C2(c1ccccc1)c1ccccc1. The quantitative estimate of drug-likeness (QED) is 0.121. The summed E-state index contributed by atoms with van der Waals surface area (Å²) in [6.07, 6.45) is 6.91.